The van der Waals surface area contributed by atoms with Crippen LogP contribution in [0.2, 0.25) is 0 Å². The first-order chi connectivity index (χ1) is 16.0. The fourth-order valence-electron chi connectivity index (χ4n) is 3.68. The second-order valence-electron chi connectivity index (χ2n) is 10.8. The Morgan fingerprint density at radius 3 is 1.26 bits per heavy atom. The molecule has 0 fully saturated rings. The van der Waals surface area contributed by atoms with E-state index in [2.05, 4.69) is 108 Å². The largest absolute Gasteiger partial charge is 0.465 e. The fourth-order valence-corrected chi connectivity index (χ4v) is 3.68. The Labute approximate surface area is 205 Å². The van der Waals surface area contributed by atoms with Gasteiger partial charge in [-0.05, 0) is 62.4 Å². The molecular formula is C32H36O2. The molecular weight excluding hydrogens is 416 g/mol. The lowest BCUT2D eigenvalue weighted by Crippen LogP contribution is -2.10. The van der Waals surface area contributed by atoms with E-state index >= 15 is 0 Å². The van der Waals surface area contributed by atoms with E-state index in [1.165, 1.54) is 18.2 Å². The molecule has 0 saturated heterocycles. The number of esters is 1. The smallest absolute Gasteiger partial charge is 0.337 e. The zero-order valence-corrected chi connectivity index (χ0v) is 21.5. The zero-order chi connectivity index (χ0) is 24.9. The molecule has 0 bridgehead atoms. The minimum Gasteiger partial charge on any atom is -0.465 e. The van der Waals surface area contributed by atoms with E-state index in [0.717, 1.165) is 22.3 Å². The summed E-state index contributed by atoms with van der Waals surface area (Å²) in [7, 11) is 1.41. The molecule has 0 N–H and O–H groups in total. The third kappa shape index (κ3) is 6.81. The Kier molecular flexibility index (Phi) is 7.61. The van der Waals surface area contributed by atoms with Crippen LogP contribution < -0.4 is 0 Å². The van der Waals surface area contributed by atoms with Crippen molar-refractivity contribution in [2.45, 2.75) is 52.4 Å². The molecule has 3 aromatic rings. The van der Waals surface area contributed by atoms with Crippen molar-refractivity contribution < 1.29 is 9.53 Å². The van der Waals surface area contributed by atoms with Gasteiger partial charge in [0.15, 0.2) is 0 Å². The van der Waals surface area contributed by atoms with Crippen molar-refractivity contribution in [3.05, 3.63) is 106 Å². The monoisotopic (exact) mass is 452 g/mol. The van der Waals surface area contributed by atoms with Gasteiger partial charge in [-0.1, -0.05) is 114 Å². The molecule has 2 nitrogen and oxygen atoms in total. The summed E-state index contributed by atoms with van der Waals surface area (Å²) < 4.78 is 4.97. The first-order valence-electron chi connectivity index (χ1n) is 11.8. The van der Waals surface area contributed by atoms with Gasteiger partial charge in [0.05, 0.1) is 12.7 Å². The number of carbonyl (C=O) groups excluding carboxylic acids is 1. The van der Waals surface area contributed by atoms with Gasteiger partial charge in [0.25, 0.3) is 0 Å². The van der Waals surface area contributed by atoms with Gasteiger partial charge < -0.3 is 4.74 Å². The average molecular weight is 453 g/mol. The van der Waals surface area contributed by atoms with Crippen molar-refractivity contribution in [3.63, 3.8) is 0 Å². The molecule has 3 rings (SSSR count). The number of hydrogen-bond donors (Lipinski definition) is 0. The molecule has 0 amide bonds. The number of ether oxygens (including phenoxy) is 1. The highest BCUT2D eigenvalue weighted by atomic mass is 16.5. The van der Waals surface area contributed by atoms with Gasteiger partial charge in [0.1, 0.15) is 0 Å². The van der Waals surface area contributed by atoms with Crippen LogP contribution in [0.25, 0.3) is 24.3 Å². The summed E-state index contributed by atoms with van der Waals surface area (Å²) in [6, 6.07) is 23.0. The maximum atomic E-state index is 12.3. The maximum Gasteiger partial charge on any atom is 0.337 e. The number of rotatable bonds is 5. The third-order valence-corrected chi connectivity index (χ3v) is 5.89. The van der Waals surface area contributed by atoms with Crippen LogP contribution in [-0.4, -0.2) is 13.1 Å². The topological polar surface area (TPSA) is 26.3 Å². The van der Waals surface area contributed by atoms with Gasteiger partial charge >= 0.3 is 5.97 Å². The summed E-state index contributed by atoms with van der Waals surface area (Å²) in [5, 5.41) is 0. The third-order valence-electron chi connectivity index (χ3n) is 5.89. The van der Waals surface area contributed by atoms with E-state index in [1.807, 2.05) is 24.3 Å². The standard InChI is InChI=1S/C32H36O2/c1-31(2,3)28-16-12-23(13-17-28)8-10-25-20-26(22-27(21-25)30(33)34-7)11-9-24-14-18-29(19-15-24)32(4,5)6/h8-22H,1-7H3/b10-8+,11-9+. The van der Waals surface area contributed by atoms with Crippen LogP contribution in [0.1, 0.15) is 85.3 Å². The van der Waals surface area contributed by atoms with Gasteiger partial charge in [-0.3, -0.25) is 0 Å². The van der Waals surface area contributed by atoms with Gasteiger partial charge in [0.2, 0.25) is 0 Å². The van der Waals surface area contributed by atoms with Crippen LogP contribution in [0.15, 0.2) is 66.7 Å². The minimum atomic E-state index is -0.339. The van der Waals surface area contributed by atoms with E-state index in [1.54, 1.807) is 0 Å². The highest BCUT2D eigenvalue weighted by Gasteiger charge is 2.13. The summed E-state index contributed by atoms with van der Waals surface area (Å²) in [5.74, 6) is -0.339. The molecule has 3 aromatic carbocycles. The van der Waals surface area contributed by atoms with Crippen LogP contribution in [0.3, 0.4) is 0 Å². The minimum absolute atomic E-state index is 0.130. The van der Waals surface area contributed by atoms with E-state index in [-0.39, 0.29) is 16.8 Å². The SMILES string of the molecule is COC(=O)c1cc(/C=C/c2ccc(C(C)(C)C)cc2)cc(/C=C/c2ccc(C(C)(C)C)cc2)c1. The van der Waals surface area contributed by atoms with Crippen LogP contribution in [0.4, 0.5) is 0 Å². The fraction of sp³-hybridized carbons (Fsp3) is 0.281. The predicted octanol–water partition coefficient (Wildman–Crippen LogP) is 8.41. The number of carbonyl (C=O) groups is 1. The second kappa shape index (κ2) is 10.3. The Hall–Kier alpha value is -3.39. The molecule has 0 aromatic heterocycles. The number of benzene rings is 3. The molecule has 0 atom stereocenters. The molecule has 0 saturated carbocycles. The van der Waals surface area contributed by atoms with Crippen LogP contribution >= 0.6 is 0 Å². The molecule has 0 aliphatic heterocycles. The first-order valence-corrected chi connectivity index (χ1v) is 11.8. The second-order valence-corrected chi connectivity index (χ2v) is 10.8. The van der Waals surface area contributed by atoms with Crippen molar-refractivity contribution in [2.75, 3.05) is 7.11 Å². The van der Waals surface area contributed by atoms with Crippen LogP contribution in [0.5, 0.6) is 0 Å². The van der Waals surface area contributed by atoms with E-state index in [4.69, 9.17) is 4.74 Å². The Morgan fingerprint density at radius 2 is 0.941 bits per heavy atom. The summed E-state index contributed by atoms with van der Waals surface area (Å²) in [6.07, 6.45) is 8.21. The number of hydrogen-bond acceptors (Lipinski definition) is 2. The molecule has 2 heteroatoms. The van der Waals surface area contributed by atoms with Crippen molar-refractivity contribution >= 4 is 30.3 Å². The molecule has 0 spiro atoms. The lowest BCUT2D eigenvalue weighted by Gasteiger charge is -2.18. The predicted molar refractivity (Wildman–Crippen MR) is 146 cm³/mol. The van der Waals surface area contributed by atoms with Gasteiger partial charge in [-0.15, -0.1) is 0 Å². The van der Waals surface area contributed by atoms with E-state index in [0.29, 0.717) is 5.56 Å². The summed E-state index contributed by atoms with van der Waals surface area (Å²) >= 11 is 0. The van der Waals surface area contributed by atoms with Crippen molar-refractivity contribution in [1.29, 1.82) is 0 Å². The van der Waals surface area contributed by atoms with E-state index in [9.17, 15) is 4.79 Å². The van der Waals surface area contributed by atoms with Crippen molar-refractivity contribution in [3.8, 4) is 0 Å². The molecule has 0 aliphatic carbocycles. The lowest BCUT2D eigenvalue weighted by atomic mass is 9.86. The first kappa shape index (κ1) is 25.2. The highest BCUT2D eigenvalue weighted by molar-refractivity contribution is 5.91. The maximum absolute atomic E-state index is 12.3. The molecule has 34 heavy (non-hydrogen) atoms. The van der Waals surface area contributed by atoms with Crippen LogP contribution in [-0.2, 0) is 15.6 Å². The van der Waals surface area contributed by atoms with Crippen molar-refractivity contribution in [1.82, 2.24) is 0 Å². The Bertz CT molecular complexity index is 1090. The molecule has 0 unspecified atom stereocenters. The van der Waals surface area contributed by atoms with Gasteiger partial charge in [-0.25, -0.2) is 4.79 Å². The summed E-state index contributed by atoms with van der Waals surface area (Å²) in [4.78, 5) is 12.3. The normalized spacial score (nSPS) is 12.4. The average Bonchev–Trinajstić information content (AvgIpc) is 2.80. The quantitative estimate of drug-likeness (QED) is 0.287. The molecule has 0 aliphatic rings. The highest BCUT2D eigenvalue weighted by Crippen LogP contribution is 2.24. The van der Waals surface area contributed by atoms with Crippen LogP contribution in [0, 0.1) is 0 Å². The number of methoxy groups -OCH3 is 1. The Morgan fingerprint density at radius 1 is 0.588 bits per heavy atom. The molecule has 176 valence electrons. The molecule has 0 heterocycles. The lowest BCUT2D eigenvalue weighted by molar-refractivity contribution is 0.0600. The van der Waals surface area contributed by atoms with Crippen molar-refractivity contribution in [2.24, 2.45) is 0 Å². The summed E-state index contributed by atoms with van der Waals surface area (Å²) in [6.45, 7) is 13.3. The van der Waals surface area contributed by atoms with E-state index < -0.39 is 0 Å². The molecule has 0 radical (unpaired) electrons. The zero-order valence-electron chi connectivity index (χ0n) is 21.5. The summed E-state index contributed by atoms with van der Waals surface area (Å²) in [5.41, 5.74) is 7.55. The Balaban J connectivity index is 1.87. The van der Waals surface area contributed by atoms with Gasteiger partial charge in [0, 0.05) is 0 Å². The van der Waals surface area contributed by atoms with Gasteiger partial charge in [-0.2, -0.15) is 0 Å².